The van der Waals surface area contributed by atoms with Crippen LogP contribution in [0.4, 0.5) is 5.82 Å². The van der Waals surface area contributed by atoms with E-state index in [4.69, 9.17) is 5.73 Å². The van der Waals surface area contributed by atoms with E-state index in [9.17, 15) is 9.59 Å². The van der Waals surface area contributed by atoms with Crippen molar-refractivity contribution in [1.82, 2.24) is 24.8 Å². The van der Waals surface area contributed by atoms with E-state index in [1.165, 1.54) is 6.20 Å². The van der Waals surface area contributed by atoms with Crippen LogP contribution >= 0.6 is 0 Å². The molecule has 2 aromatic heterocycles. The van der Waals surface area contributed by atoms with E-state index in [-0.39, 0.29) is 17.2 Å². The molecule has 1 unspecified atom stereocenters. The largest absolute Gasteiger partial charge is 0.384 e. The average Bonchev–Trinajstić information content (AvgIpc) is 2.73. The molecule has 2 aliphatic heterocycles. The number of carbonyl (C=O) groups is 2. The number of likely N-dealkylation sites (tertiary alicyclic amines) is 2. The van der Waals surface area contributed by atoms with E-state index in [0.717, 1.165) is 37.2 Å². The molecule has 0 aromatic carbocycles. The summed E-state index contributed by atoms with van der Waals surface area (Å²) in [5.41, 5.74) is 7.76. The SMILES string of the molecule is Cc1cnc(CN2CC3(CCCN(C(=O)c4ccc(N)nc4)C3)CCC2=O)cn1. The maximum absolute atomic E-state index is 13.0. The first-order valence-electron chi connectivity index (χ1n) is 10.0. The molecule has 2 aromatic rings. The maximum atomic E-state index is 13.0. The van der Waals surface area contributed by atoms with Gasteiger partial charge in [0, 0.05) is 43.9 Å². The Morgan fingerprint density at radius 3 is 2.72 bits per heavy atom. The molecule has 8 heteroatoms. The summed E-state index contributed by atoms with van der Waals surface area (Å²) in [6.45, 7) is 4.37. The van der Waals surface area contributed by atoms with E-state index in [1.54, 1.807) is 24.5 Å². The third kappa shape index (κ3) is 4.21. The van der Waals surface area contributed by atoms with Gasteiger partial charge in [-0.25, -0.2) is 4.98 Å². The third-order valence-corrected chi connectivity index (χ3v) is 5.92. The van der Waals surface area contributed by atoms with Gasteiger partial charge in [-0.15, -0.1) is 0 Å². The van der Waals surface area contributed by atoms with Crippen LogP contribution in [0, 0.1) is 12.3 Å². The summed E-state index contributed by atoms with van der Waals surface area (Å²) in [5, 5.41) is 0. The highest BCUT2D eigenvalue weighted by Crippen LogP contribution is 2.39. The number of anilines is 1. The monoisotopic (exact) mass is 394 g/mol. The number of hydrogen-bond acceptors (Lipinski definition) is 6. The lowest BCUT2D eigenvalue weighted by Crippen LogP contribution is -2.54. The van der Waals surface area contributed by atoms with Crippen molar-refractivity contribution in [3.8, 4) is 0 Å². The molecule has 0 aliphatic carbocycles. The van der Waals surface area contributed by atoms with Crippen LogP contribution in [0.25, 0.3) is 0 Å². The Bertz CT molecular complexity index is 892. The molecule has 152 valence electrons. The van der Waals surface area contributed by atoms with Gasteiger partial charge in [0.2, 0.25) is 5.91 Å². The fourth-order valence-corrected chi connectivity index (χ4v) is 4.37. The number of nitrogen functional groups attached to an aromatic ring is 1. The number of carbonyl (C=O) groups excluding carboxylic acids is 2. The Morgan fingerprint density at radius 1 is 1.14 bits per heavy atom. The number of rotatable bonds is 3. The van der Waals surface area contributed by atoms with E-state index < -0.39 is 0 Å². The van der Waals surface area contributed by atoms with Gasteiger partial charge in [-0.2, -0.15) is 0 Å². The van der Waals surface area contributed by atoms with Crippen LogP contribution in [0.1, 0.15) is 47.4 Å². The quantitative estimate of drug-likeness (QED) is 0.851. The maximum Gasteiger partial charge on any atom is 0.255 e. The standard InChI is InChI=1S/C21H26N6O2/c1-15-9-24-17(11-23-15)12-27-14-21(7-5-19(27)28)6-2-8-26(13-21)20(29)16-3-4-18(22)25-10-16/h3-4,9-11H,2,5-8,12-14H2,1H3,(H2,22,25). The second-order valence-electron chi connectivity index (χ2n) is 8.20. The number of nitrogens with zero attached hydrogens (tertiary/aromatic N) is 5. The highest BCUT2D eigenvalue weighted by molar-refractivity contribution is 5.94. The van der Waals surface area contributed by atoms with Crippen LogP contribution in [0.15, 0.2) is 30.7 Å². The van der Waals surface area contributed by atoms with Crippen molar-refractivity contribution in [3.05, 3.63) is 47.7 Å². The first-order valence-corrected chi connectivity index (χ1v) is 10.0. The summed E-state index contributed by atoms with van der Waals surface area (Å²) in [4.78, 5) is 42.0. The lowest BCUT2D eigenvalue weighted by molar-refractivity contribution is -0.139. The molecule has 1 atom stereocenters. The predicted molar refractivity (Wildman–Crippen MR) is 108 cm³/mol. The molecule has 0 saturated carbocycles. The predicted octanol–water partition coefficient (Wildman–Crippen LogP) is 1.81. The highest BCUT2D eigenvalue weighted by Gasteiger charge is 2.42. The number of nitrogens with two attached hydrogens (primary N) is 1. The number of aromatic nitrogens is 3. The van der Waals surface area contributed by atoms with Gasteiger partial charge >= 0.3 is 0 Å². The summed E-state index contributed by atoms with van der Waals surface area (Å²) >= 11 is 0. The zero-order valence-electron chi connectivity index (χ0n) is 16.7. The summed E-state index contributed by atoms with van der Waals surface area (Å²) in [7, 11) is 0. The second-order valence-corrected chi connectivity index (χ2v) is 8.20. The minimum absolute atomic E-state index is 0.0237. The van der Waals surface area contributed by atoms with E-state index in [1.807, 2.05) is 16.7 Å². The van der Waals surface area contributed by atoms with Crippen LogP contribution in [0.3, 0.4) is 0 Å². The molecule has 2 aliphatic rings. The molecule has 4 rings (SSSR count). The lowest BCUT2D eigenvalue weighted by atomic mass is 9.73. The molecule has 2 fully saturated rings. The third-order valence-electron chi connectivity index (χ3n) is 5.92. The zero-order chi connectivity index (χ0) is 20.4. The van der Waals surface area contributed by atoms with Gasteiger partial charge < -0.3 is 15.5 Å². The van der Waals surface area contributed by atoms with Crippen LogP contribution in [0.5, 0.6) is 0 Å². The molecule has 2 N–H and O–H groups in total. The molecular weight excluding hydrogens is 368 g/mol. The molecule has 1 spiro atoms. The summed E-state index contributed by atoms with van der Waals surface area (Å²) in [5.74, 6) is 0.519. The van der Waals surface area contributed by atoms with Gasteiger partial charge in [-0.3, -0.25) is 19.6 Å². The Balaban J connectivity index is 1.47. The number of aryl methyl sites for hydroxylation is 1. The van der Waals surface area contributed by atoms with E-state index in [0.29, 0.717) is 37.4 Å². The molecule has 2 saturated heterocycles. The molecule has 0 bridgehead atoms. The molecule has 29 heavy (non-hydrogen) atoms. The van der Waals surface area contributed by atoms with Gasteiger partial charge in [0.25, 0.3) is 5.91 Å². The van der Waals surface area contributed by atoms with Gasteiger partial charge in [-0.05, 0) is 38.3 Å². The van der Waals surface area contributed by atoms with Crippen LogP contribution < -0.4 is 5.73 Å². The topological polar surface area (TPSA) is 105 Å². The Labute approximate surface area is 170 Å². The Morgan fingerprint density at radius 2 is 2.00 bits per heavy atom. The van der Waals surface area contributed by atoms with Crippen molar-refractivity contribution >= 4 is 17.6 Å². The number of pyridine rings is 1. The number of hydrogen-bond donors (Lipinski definition) is 1. The fraction of sp³-hybridized carbons (Fsp3) is 0.476. The van der Waals surface area contributed by atoms with Crippen molar-refractivity contribution in [2.24, 2.45) is 5.41 Å². The first-order chi connectivity index (χ1) is 13.9. The van der Waals surface area contributed by atoms with Crippen LogP contribution in [-0.4, -0.2) is 56.2 Å². The first kappa shape index (κ1) is 19.3. The van der Waals surface area contributed by atoms with Crippen molar-refractivity contribution in [1.29, 1.82) is 0 Å². The summed E-state index contributed by atoms with van der Waals surface area (Å²) in [6.07, 6.45) is 8.25. The number of piperidine rings is 2. The normalized spacial score (nSPS) is 22.2. The van der Waals surface area contributed by atoms with Crippen LogP contribution in [0.2, 0.25) is 0 Å². The smallest absolute Gasteiger partial charge is 0.255 e. The molecule has 4 heterocycles. The number of amides is 2. The van der Waals surface area contributed by atoms with E-state index >= 15 is 0 Å². The Kier molecular flexibility index (Phi) is 5.17. The molecular formula is C21H26N6O2. The van der Waals surface area contributed by atoms with Crippen molar-refractivity contribution < 1.29 is 9.59 Å². The van der Waals surface area contributed by atoms with Crippen molar-refractivity contribution in [3.63, 3.8) is 0 Å². The molecule has 0 radical (unpaired) electrons. The average molecular weight is 394 g/mol. The van der Waals surface area contributed by atoms with E-state index in [2.05, 4.69) is 15.0 Å². The van der Waals surface area contributed by atoms with Gasteiger partial charge in [0.15, 0.2) is 0 Å². The van der Waals surface area contributed by atoms with Gasteiger partial charge in [-0.1, -0.05) is 0 Å². The Hall–Kier alpha value is -3.03. The van der Waals surface area contributed by atoms with Crippen molar-refractivity contribution in [2.45, 2.75) is 39.2 Å². The van der Waals surface area contributed by atoms with Crippen molar-refractivity contribution in [2.75, 3.05) is 25.4 Å². The van der Waals surface area contributed by atoms with Gasteiger partial charge in [0.1, 0.15) is 5.82 Å². The van der Waals surface area contributed by atoms with Crippen LogP contribution in [-0.2, 0) is 11.3 Å². The minimum atomic E-state index is -0.0683. The second kappa shape index (κ2) is 7.77. The molecule has 8 nitrogen and oxygen atoms in total. The summed E-state index contributed by atoms with van der Waals surface area (Å²) < 4.78 is 0. The van der Waals surface area contributed by atoms with Gasteiger partial charge in [0.05, 0.1) is 29.7 Å². The lowest BCUT2D eigenvalue weighted by Gasteiger charge is -2.48. The molecule has 2 amide bonds. The zero-order valence-corrected chi connectivity index (χ0v) is 16.7. The summed E-state index contributed by atoms with van der Waals surface area (Å²) in [6, 6.07) is 3.37. The minimum Gasteiger partial charge on any atom is -0.384 e. The fourth-order valence-electron chi connectivity index (χ4n) is 4.37. The highest BCUT2D eigenvalue weighted by atomic mass is 16.2.